The van der Waals surface area contributed by atoms with E-state index in [2.05, 4.69) is 46.1 Å². The summed E-state index contributed by atoms with van der Waals surface area (Å²) in [5, 5.41) is 16.1. The summed E-state index contributed by atoms with van der Waals surface area (Å²) in [5.74, 6) is 0.986. The summed E-state index contributed by atoms with van der Waals surface area (Å²) >= 11 is 5.01. The SMILES string of the molecule is CC(C)C(Nc1ncc([N+](=O)[O-])cc1Br)c1cccs1. The van der Waals surface area contributed by atoms with E-state index in [1.165, 1.54) is 17.1 Å². The molecule has 5 nitrogen and oxygen atoms in total. The third-order valence-corrected chi connectivity index (χ3v) is 4.41. The predicted octanol–water partition coefficient (Wildman–Crippen LogP) is 4.62. The molecule has 0 aliphatic heterocycles. The minimum atomic E-state index is -0.458. The highest BCUT2D eigenvalue weighted by molar-refractivity contribution is 9.10. The molecule has 1 unspecified atom stereocenters. The van der Waals surface area contributed by atoms with Gasteiger partial charge in [-0.15, -0.1) is 11.3 Å². The third-order valence-electron chi connectivity index (χ3n) is 2.85. The third kappa shape index (κ3) is 3.34. The highest BCUT2D eigenvalue weighted by atomic mass is 79.9. The molecule has 0 aliphatic carbocycles. The lowest BCUT2D eigenvalue weighted by molar-refractivity contribution is -0.385. The van der Waals surface area contributed by atoms with E-state index in [-0.39, 0.29) is 11.7 Å². The quantitative estimate of drug-likeness (QED) is 0.627. The molecule has 0 bridgehead atoms. The standard InChI is InChI=1S/C13H14BrN3O2S/c1-8(2)12(11-4-3-5-20-11)16-13-10(14)6-9(7-15-13)17(18)19/h3-8,12H,1-2H3,(H,15,16). The normalized spacial score (nSPS) is 12.4. The second-order valence-electron chi connectivity index (χ2n) is 4.66. The lowest BCUT2D eigenvalue weighted by atomic mass is 10.0. The second-order valence-corrected chi connectivity index (χ2v) is 6.50. The molecule has 1 atom stereocenters. The van der Waals surface area contributed by atoms with Gasteiger partial charge in [-0.2, -0.15) is 0 Å². The fourth-order valence-electron chi connectivity index (χ4n) is 1.82. The Morgan fingerprint density at radius 3 is 2.75 bits per heavy atom. The van der Waals surface area contributed by atoms with Gasteiger partial charge in [0.25, 0.3) is 5.69 Å². The zero-order valence-electron chi connectivity index (χ0n) is 11.0. The van der Waals surface area contributed by atoms with Crippen LogP contribution in [0.5, 0.6) is 0 Å². The van der Waals surface area contributed by atoms with Crippen LogP contribution in [0, 0.1) is 16.0 Å². The molecule has 20 heavy (non-hydrogen) atoms. The molecule has 2 rings (SSSR count). The average molecular weight is 356 g/mol. The van der Waals surface area contributed by atoms with Crippen molar-refractivity contribution in [2.24, 2.45) is 5.92 Å². The number of nitrogens with zero attached hydrogens (tertiary/aromatic N) is 2. The first-order valence-corrected chi connectivity index (χ1v) is 7.76. The van der Waals surface area contributed by atoms with E-state index in [0.717, 1.165) is 0 Å². The number of nitro groups is 1. The van der Waals surface area contributed by atoms with Gasteiger partial charge in [-0.3, -0.25) is 10.1 Å². The van der Waals surface area contributed by atoms with Gasteiger partial charge in [0.2, 0.25) is 0 Å². The number of pyridine rings is 1. The fourth-order valence-corrected chi connectivity index (χ4v) is 3.22. The maximum absolute atomic E-state index is 10.7. The minimum Gasteiger partial charge on any atom is -0.361 e. The van der Waals surface area contributed by atoms with Gasteiger partial charge in [0.1, 0.15) is 12.0 Å². The van der Waals surface area contributed by atoms with Crippen molar-refractivity contribution in [3.63, 3.8) is 0 Å². The van der Waals surface area contributed by atoms with E-state index in [9.17, 15) is 10.1 Å². The van der Waals surface area contributed by atoms with Gasteiger partial charge in [0.05, 0.1) is 15.4 Å². The second kappa shape index (κ2) is 6.32. The summed E-state index contributed by atoms with van der Waals surface area (Å²) in [6, 6.07) is 5.67. The molecule has 0 fully saturated rings. The van der Waals surface area contributed by atoms with Crippen LogP contribution >= 0.6 is 27.3 Å². The molecule has 0 saturated heterocycles. The van der Waals surface area contributed by atoms with Crippen molar-refractivity contribution in [1.82, 2.24) is 4.98 Å². The van der Waals surface area contributed by atoms with Crippen molar-refractivity contribution in [3.05, 3.63) is 49.2 Å². The van der Waals surface area contributed by atoms with Crippen LogP contribution in [0.1, 0.15) is 24.8 Å². The molecule has 2 aromatic heterocycles. The molecule has 0 aromatic carbocycles. The Kier molecular flexibility index (Phi) is 4.72. The topological polar surface area (TPSA) is 68.1 Å². The largest absolute Gasteiger partial charge is 0.361 e. The first-order valence-electron chi connectivity index (χ1n) is 6.09. The van der Waals surface area contributed by atoms with E-state index in [1.807, 2.05) is 11.4 Å². The lowest BCUT2D eigenvalue weighted by Crippen LogP contribution is -2.16. The summed E-state index contributed by atoms with van der Waals surface area (Å²) in [4.78, 5) is 15.6. The van der Waals surface area contributed by atoms with Gasteiger partial charge in [-0.1, -0.05) is 19.9 Å². The molecule has 2 heterocycles. The van der Waals surface area contributed by atoms with Gasteiger partial charge in [0, 0.05) is 10.9 Å². The van der Waals surface area contributed by atoms with Crippen molar-refractivity contribution >= 4 is 38.8 Å². The van der Waals surface area contributed by atoms with Crippen molar-refractivity contribution < 1.29 is 4.92 Å². The summed E-state index contributed by atoms with van der Waals surface area (Å²) in [7, 11) is 0. The van der Waals surface area contributed by atoms with Crippen molar-refractivity contribution in [1.29, 1.82) is 0 Å². The van der Waals surface area contributed by atoms with Gasteiger partial charge < -0.3 is 5.32 Å². The first kappa shape index (κ1) is 14.9. The van der Waals surface area contributed by atoms with Crippen LogP contribution in [0.3, 0.4) is 0 Å². The van der Waals surface area contributed by atoms with Crippen molar-refractivity contribution in [2.45, 2.75) is 19.9 Å². The Bertz CT molecular complexity index is 602. The Morgan fingerprint density at radius 1 is 1.50 bits per heavy atom. The number of anilines is 1. The van der Waals surface area contributed by atoms with Crippen LogP contribution in [0.4, 0.5) is 11.5 Å². The predicted molar refractivity (Wildman–Crippen MR) is 84.1 cm³/mol. The van der Waals surface area contributed by atoms with E-state index in [1.54, 1.807) is 11.3 Å². The lowest BCUT2D eigenvalue weighted by Gasteiger charge is -2.22. The molecule has 0 aliphatic rings. The zero-order chi connectivity index (χ0) is 14.7. The van der Waals surface area contributed by atoms with Gasteiger partial charge in [0.15, 0.2) is 0 Å². The number of aromatic nitrogens is 1. The van der Waals surface area contributed by atoms with Crippen LogP contribution in [0.15, 0.2) is 34.2 Å². The van der Waals surface area contributed by atoms with Crippen molar-refractivity contribution in [2.75, 3.05) is 5.32 Å². The Balaban J connectivity index is 2.25. The fraction of sp³-hybridized carbons (Fsp3) is 0.308. The number of thiophene rings is 1. The smallest absolute Gasteiger partial charge is 0.288 e. The van der Waals surface area contributed by atoms with Gasteiger partial charge in [-0.05, 0) is 33.3 Å². The van der Waals surface area contributed by atoms with E-state index < -0.39 is 4.92 Å². The number of hydrogen-bond acceptors (Lipinski definition) is 5. The molecule has 0 radical (unpaired) electrons. The Hall–Kier alpha value is -1.47. The number of rotatable bonds is 5. The molecular weight excluding hydrogens is 342 g/mol. The van der Waals surface area contributed by atoms with Crippen LogP contribution in [0.2, 0.25) is 0 Å². The average Bonchev–Trinajstić information content (AvgIpc) is 2.90. The monoisotopic (exact) mass is 355 g/mol. The Morgan fingerprint density at radius 2 is 2.25 bits per heavy atom. The summed E-state index contributed by atoms with van der Waals surface area (Å²) in [6.07, 6.45) is 1.26. The molecule has 0 saturated carbocycles. The number of halogens is 1. The first-order chi connectivity index (χ1) is 9.49. The van der Waals surface area contributed by atoms with Crippen LogP contribution < -0.4 is 5.32 Å². The molecular formula is C13H14BrN3O2S. The molecule has 2 aromatic rings. The van der Waals surface area contributed by atoms with E-state index in [0.29, 0.717) is 16.2 Å². The van der Waals surface area contributed by atoms with Crippen LogP contribution in [0.25, 0.3) is 0 Å². The number of hydrogen-bond donors (Lipinski definition) is 1. The van der Waals surface area contributed by atoms with Crippen molar-refractivity contribution in [3.8, 4) is 0 Å². The van der Waals surface area contributed by atoms with E-state index in [4.69, 9.17) is 0 Å². The summed E-state index contributed by atoms with van der Waals surface area (Å²) in [5.41, 5.74) is -0.0281. The van der Waals surface area contributed by atoms with Gasteiger partial charge in [-0.25, -0.2) is 4.98 Å². The highest BCUT2D eigenvalue weighted by Gasteiger charge is 2.19. The van der Waals surface area contributed by atoms with E-state index >= 15 is 0 Å². The zero-order valence-corrected chi connectivity index (χ0v) is 13.4. The number of nitrogens with one attached hydrogen (secondary N) is 1. The minimum absolute atomic E-state index is 0.0281. The Labute approximate surface area is 129 Å². The van der Waals surface area contributed by atoms with Gasteiger partial charge >= 0.3 is 0 Å². The maximum atomic E-state index is 10.7. The maximum Gasteiger partial charge on any atom is 0.288 e. The molecule has 7 heteroatoms. The van der Waals surface area contributed by atoms with Crippen LogP contribution in [-0.2, 0) is 0 Å². The summed E-state index contributed by atoms with van der Waals surface area (Å²) in [6.45, 7) is 4.24. The highest BCUT2D eigenvalue weighted by Crippen LogP contribution is 2.32. The molecule has 106 valence electrons. The summed E-state index contributed by atoms with van der Waals surface area (Å²) < 4.78 is 0.592. The molecule has 0 amide bonds. The molecule has 0 spiro atoms. The molecule has 1 N–H and O–H groups in total. The van der Waals surface area contributed by atoms with Crippen LogP contribution in [-0.4, -0.2) is 9.91 Å².